The second kappa shape index (κ2) is 6.48. The summed E-state index contributed by atoms with van der Waals surface area (Å²) in [6.07, 6.45) is 2.02. The molecule has 1 aromatic heterocycles. The average molecular weight is 287 g/mol. The lowest BCUT2D eigenvalue weighted by molar-refractivity contribution is -0.122. The molecule has 1 rings (SSSR count). The van der Waals surface area contributed by atoms with Gasteiger partial charge in [0, 0.05) is 12.2 Å². The molecule has 0 aliphatic heterocycles. The van der Waals surface area contributed by atoms with Crippen molar-refractivity contribution in [1.82, 2.24) is 10.3 Å². The molecule has 0 spiro atoms. The first kappa shape index (κ1) is 13.0. The van der Waals surface area contributed by atoms with Gasteiger partial charge in [-0.25, -0.2) is 4.98 Å². The maximum atomic E-state index is 11.3. The Labute approximate surface area is 104 Å². The van der Waals surface area contributed by atoms with Crippen LogP contribution < -0.4 is 10.1 Å². The Morgan fingerprint density at radius 3 is 3.00 bits per heavy atom. The van der Waals surface area contributed by atoms with Crippen LogP contribution in [0.4, 0.5) is 0 Å². The number of hydrogen-bond donors (Lipinski definition) is 1. The first-order valence-corrected chi connectivity index (χ1v) is 5.91. The Morgan fingerprint density at radius 1 is 1.62 bits per heavy atom. The van der Waals surface area contributed by atoms with Crippen LogP contribution in [0.1, 0.15) is 20.3 Å². The molecule has 4 nitrogen and oxygen atoms in total. The standard InChI is InChI=1S/C11H15BrN2O2/c1-8(2)14-10(15)5-7-16-9-4-3-6-13-11(9)12/h3-4,6,8H,5,7H2,1-2H3,(H,14,15). The Balaban J connectivity index is 2.31. The monoisotopic (exact) mass is 286 g/mol. The molecule has 1 aromatic rings. The molecule has 0 saturated heterocycles. The van der Waals surface area contributed by atoms with E-state index < -0.39 is 0 Å². The molecule has 0 saturated carbocycles. The molecule has 0 atom stereocenters. The van der Waals surface area contributed by atoms with Crippen molar-refractivity contribution in [3.8, 4) is 5.75 Å². The first-order valence-electron chi connectivity index (χ1n) is 5.12. The molecule has 5 heteroatoms. The Kier molecular flexibility index (Phi) is 5.25. The van der Waals surface area contributed by atoms with Gasteiger partial charge in [-0.3, -0.25) is 4.79 Å². The molecule has 0 aliphatic carbocycles. The lowest BCUT2D eigenvalue weighted by Crippen LogP contribution is -2.31. The van der Waals surface area contributed by atoms with Crippen LogP contribution >= 0.6 is 15.9 Å². The van der Waals surface area contributed by atoms with E-state index in [0.717, 1.165) is 0 Å². The van der Waals surface area contributed by atoms with Crippen LogP contribution in [-0.4, -0.2) is 23.5 Å². The highest BCUT2D eigenvalue weighted by atomic mass is 79.9. The zero-order valence-electron chi connectivity index (χ0n) is 9.37. The summed E-state index contributed by atoms with van der Waals surface area (Å²) in [5, 5.41) is 2.80. The highest BCUT2D eigenvalue weighted by Crippen LogP contribution is 2.20. The van der Waals surface area contributed by atoms with E-state index in [1.807, 2.05) is 13.8 Å². The number of carbonyl (C=O) groups is 1. The summed E-state index contributed by atoms with van der Waals surface area (Å²) in [6.45, 7) is 4.20. The number of hydrogen-bond acceptors (Lipinski definition) is 3. The van der Waals surface area contributed by atoms with E-state index in [-0.39, 0.29) is 11.9 Å². The van der Waals surface area contributed by atoms with Crippen molar-refractivity contribution in [2.75, 3.05) is 6.61 Å². The largest absolute Gasteiger partial charge is 0.490 e. The molecule has 88 valence electrons. The third-order valence-electron chi connectivity index (χ3n) is 1.76. The summed E-state index contributed by atoms with van der Waals surface area (Å²) in [5.41, 5.74) is 0. The third-order valence-corrected chi connectivity index (χ3v) is 2.36. The van der Waals surface area contributed by atoms with E-state index in [9.17, 15) is 4.79 Å². The maximum Gasteiger partial charge on any atom is 0.223 e. The molecule has 0 unspecified atom stereocenters. The summed E-state index contributed by atoms with van der Waals surface area (Å²) in [7, 11) is 0. The van der Waals surface area contributed by atoms with Crippen molar-refractivity contribution in [1.29, 1.82) is 0 Å². The predicted octanol–water partition coefficient (Wildman–Crippen LogP) is 2.14. The fourth-order valence-electron chi connectivity index (χ4n) is 1.13. The zero-order valence-corrected chi connectivity index (χ0v) is 11.0. The number of rotatable bonds is 5. The van der Waals surface area contributed by atoms with E-state index in [1.54, 1.807) is 18.3 Å². The molecule has 0 fully saturated rings. The number of aromatic nitrogens is 1. The Hall–Kier alpha value is -1.10. The predicted molar refractivity (Wildman–Crippen MR) is 65.3 cm³/mol. The first-order chi connectivity index (χ1) is 7.59. The molecule has 0 aromatic carbocycles. The lowest BCUT2D eigenvalue weighted by atomic mass is 10.3. The molecule has 1 heterocycles. The van der Waals surface area contributed by atoms with Gasteiger partial charge in [-0.15, -0.1) is 0 Å². The summed E-state index contributed by atoms with van der Waals surface area (Å²) >= 11 is 3.27. The highest BCUT2D eigenvalue weighted by molar-refractivity contribution is 9.10. The van der Waals surface area contributed by atoms with Crippen molar-refractivity contribution in [3.05, 3.63) is 22.9 Å². The molecular weight excluding hydrogens is 272 g/mol. The number of nitrogens with zero attached hydrogens (tertiary/aromatic N) is 1. The second-order valence-corrected chi connectivity index (χ2v) is 4.36. The van der Waals surface area contributed by atoms with Gasteiger partial charge in [0.1, 0.15) is 4.60 Å². The SMILES string of the molecule is CC(C)NC(=O)CCOc1cccnc1Br. The number of carbonyl (C=O) groups excluding carboxylic acids is 1. The Morgan fingerprint density at radius 2 is 2.38 bits per heavy atom. The van der Waals surface area contributed by atoms with Gasteiger partial charge in [0.15, 0.2) is 5.75 Å². The van der Waals surface area contributed by atoms with Crippen molar-refractivity contribution >= 4 is 21.8 Å². The maximum absolute atomic E-state index is 11.3. The topological polar surface area (TPSA) is 51.2 Å². The minimum atomic E-state index is -0.00462. The van der Waals surface area contributed by atoms with Gasteiger partial charge in [0.05, 0.1) is 13.0 Å². The summed E-state index contributed by atoms with van der Waals surface area (Å²) < 4.78 is 6.07. The smallest absolute Gasteiger partial charge is 0.223 e. The fourth-order valence-corrected chi connectivity index (χ4v) is 1.49. The number of ether oxygens (including phenoxy) is 1. The van der Waals surface area contributed by atoms with E-state index in [0.29, 0.717) is 23.4 Å². The van der Waals surface area contributed by atoms with Crippen LogP contribution in [0.2, 0.25) is 0 Å². The number of nitrogens with one attached hydrogen (secondary N) is 1. The highest BCUT2D eigenvalue weighted by Gasteiger charge is 2.05. The number of amides is 1. The van der Waals surface area contributed by atoms with Gasteiger partial charge in [0.2, 0.25) is 5.91 Å². The van der Waals surface area contributed by atoms with Gasteiger partial charge in [0.25, 0.3) is 0 Å². The van der Waals surface area contributed by atoms with Gasteiger partial charge >= 0.3 is 0 Å². The normalized spacial score (nSPS) is 10.2. The van der Waals surface area contributed by atoms with E-state index >= 15 is 0 Å². The molecule has 0 radical (unpaired) electrons. The van der Waals surface area contributed by atoms with Crippen molar-refractivity contribution < 1.29 is 9.53 Å². The summed E-state index contributed by atoms with van der Waals surface area (Å²) in [6, 6.07) is 3.75. The van der Waals surface area contributed by atoms with Crippen molar-refractivity contribution in [3.63, 3.8) is 0 Å². The van der Waals surface area contributed by atoms with Crippen LogP contribution in [0.25, 0.3) is 0 Å². The third kappa shape index (κ3) is 4.61. The summed E-state index contributed by atoms with van der Waals surface area (Å²) in [5.74, 6) is 0.648. The van der Waals surface area contributed by atoms with E-state index in [2.05, 4.69) is 26.2 Å². The quantitative estimate of drug-likeness (QED) is 0.844. The van der Waals surface area contributed by atoms with Gasteiger partial charge in [-0.2, -0.15) is 0 Å². The van der Waals surface area contributed by atoms with E-state index in [4.69, 9.17) is 4.74 Å². The molecule has 0 bridgehead atoms. The van der Waals surface area contributed by atoms with Gasteiger partial charge < -0.3 is 10.1 Å². The van der Waals surface area contributed by atoms with Crippen LogP contribution in [0.3, 0.4) is 0 Å². The van der Waals surface area contributed by atoms with Crippen LogP contribution in [0.5, 0.6) is 5.75 Å². The fraction of sp³-hybridized carbons (Fsp3) is 0.455. The second-order valence-electron chi connectivity index (χ2n) is 3.61. The molecular formula is C11H15BrN2O2. The van der Waals surface area contributed by atoms with E-state index in [1.165, 1.54) is 0 Å². The minimum absolute atomic E-state index is 0.00462. The van der Waals surface area contributed by atoms with Crippen LogP contribution in [0.15, 0.2) is 22.9 Å². The lowest BCUT2D eigenvalue weighted by Gasteiger charge is -2.09. The average Bonchev–Trinajstić information content (AvgIpc) is 2.19. The molecule has 1 N–H and O–H groups in total. The number of pyridine rings is 1. The van der Waals surface area contributed by atoms with Gasteiger partial charge in [-0.05, 0) is 41.9 Å². The zero-order chi connectivity index (χ0) is 12.0. The van der Waals surface area contributed by atoms with Gasteiger partial charge in [-0.1, -0.05) is 0 Å². The molecule has 16 heavy (non-hydrogen) atoms. The number of halogens is 1. The summed E-state index contributed by atoms with van der Waals surface area (Å²) in [4.78, 5) is 15.3. The molecule has 0 aliphatic rings. The van der Waals surface area contributed by atoms with Crippen LogP contribution in [-0.2, 0) is 4.79 Å². The van der Waals surface area contributed by atoms with Crippen molar-refractivity contribution in [2.45, 2.75) is 26.3 Å². The van der Waals surface area contributed by atoms with Crippen LogP contribution in [0, 0.1) is 0 Å². The Bertz CT molecular complexity index is 356. The minimum Gasteiger partial charge on any atom is -0.490 e. The molecule has 1 amide bonds. The van der Waals surface area contributed by atoms with Crippen molar-refractivity contribution in [2.24, 2.45) is 0 Å².